The molecule has 0 saturated heterocycles. The first-order valence-electron chi connectivity index (χ1n) is 6.74. The van der Waals surface area contributed by atoms with Crippen molar-refractivity contribution in [1.29, 1.82) is 0 Å². The zero-order valence-electron chi connectivity index (χ0n) is 12.8. The van der Waals surface area contributed by atoms with Crippen LogP contribution >= 0.6 is 0 Å². The number of hydrogen-bond acceptors (Lipinski definition) is 4. The Hall–Kier alpha value is -1.85. The Morgan fingerprint density at radius 1 is 1.35 bits per heavy atom. The van der Waals surface area contributed by atoms with Crippen LogP contribution in [0.1, 0.15) is 42.0 Å². The molecule has 1 N–H and O–H groups in total. The predicted molar refractivity (Wildman–Crippen MR) is 75.4 cm³/mol. The monoisotopic (exact) mass is 281 g/mol. The Labute approximate surface area is 119 Å². The van der Waals surface area contributed by atoms with Crippen molar-refractivity contribution >= 4 is 11.9 Å². The Morgan fingerprint density at radius 3 is 2.45 bits per heavy atom. The molecule has 1 aromatic heterocycles. The normalized spacial score (nSPS) is 10.7. The average molecular weight is 281 g/mol. The molecule has 0 saturated carbocycles. The summed E-state index contributed by atoms with van der Waals surface area (Å²) in [5.74, 6) is -0.0809. The fourth-order valence-electron chi connectivity index (χ4n) is 2.07. The molecule has 6 nitrogen and oxygen atoms in total. The minimum absolute atomic E-state index is 0.0913. The van der Waals surface area contributed by atoms with Crippen LogP contribution in [0.3, 0.4) is 0 Å². The van der Waals surface area contributed by atoms with Gasteiger partial charge in [-0.3, -0.25) is 14.7 Å². The first-order chi connectivity index (χ1) is 9.36. The minimum atomic E-state index is -0.313. The number of carbonyl (C=O) groups is 2. The van der Waals surface area contributed by atoms with Gasteiger partial charge in [0, 0.05) is 18.8 Å². The number of methoxy groups -OCH3 is 1. The number of aromatic nitrogens is 2. The lowest BCUT2D eigenvalue weighted by Crippen LogP contribution is -2.36. The van der Waals surface area contributed by atoms with Gasteiger partial charge in [0.1, 0.15) is 0 Å². The fourth-order valence-corrected chi connectivity index (χ4v) is 2.07. The van der Waals surface area contributed by atoms with E-state index in [0.717, 1.165) is 5.69 Å². The third-order valence-corrected chi connectivity index (χ3v) is 3.03. The molecule has 0 unspecified atom stereocenters. The maximum Gasteiger partial charge on any atom is 0.307 e. The molecule has 112 valence electrons. The summed E-state index contributed by atoms with van der Waals surface area (Å²) >= 11 is 0. The van der Waals surface area contributed by atoms with Gasteiger partial charge in [-0.15, -0.1) is 0 Å². The number of aryl methyl sites for hydroxylation is 2. The van der Waals surface area contributed by atoms with Crippen LogP contribution in [0.4, 0.5) is 0 Å². The van der Waals surface area contributed by atoms with Gasteiger partial charge in [-0.1, -0.05) is 13.8 Å². The molecule has 0 fully saturated rings. The lowest BCUT2D eigenvalue weighted by atomic mass is 10.1. The second-order valence-electron chi connectivity index (χ2n) is 5.28. The molecule has 6 heteroatoms. The van der Waals surface area contributed by atoms with E-state index in [9.17, 15) is 9.59 Å². The van der Waals surface area contributed by atoms with Gasteiger partial charge in [0.2, 0.25) is 0 Å². The number of amides is 1. The molecule has 1 amide bonds. The Kier molecular flexibility index (Phi) is 5.73. The number of carbonyl (C=O) groups excluding carboxylic acids is 2. The molecule has 0 aliphatic heterocycles. The molecular formula is C14H23N3O3. The van der Waals surface area contributed by atoms with Crippen molar-refractivity contribution in [2.45, 2.75) is 34.1 Å². The van der Waals surface area contributed by atoms with Crippen LogP contribution in [0.15, 0.2) is 0 Å². The van der Waals surface area contributed by atoms with E-state index in [1.807, 2.05) is 20.8 Å². The lowest BCUT2D eigenvalue weighted by Gasteiger charge is -2.24. The smallest absolute Gasteiger partial charge is 0.307 e. The largest absolute Gasteiger partial charge is 0.469 e. The standard InChI is InChI=1S/C14H23N3O3/c1-9(2)8-17(7-6-12(18)20-5)14(19)13-10(3)15-16-11(13)4/h9H,6-8H2,1-5H3,(H,15,16). The van der Waals surface area contributed by atoms with E-state index in [1.54, 1.807) is 11.8 Å². The van der Waals surface area contributed by atoms with E-state index >= 15 is 0 Å². The van der Waals surface area contributed by atoms with Crippen LogP contribution in [0.25, 0.3) is 0 Å². The van der Waals surface area contributed by atoms with Gasteiger partial charge in [0.25, 0.3) is 5.91 Å². The number of ether oxygens (including phenoxy) is 1. The van der Waals surface area contributed by atoms with Gasteiger partial charge in [0.05, 0.1) is 24.8 Å². The highest BCUT2D eigenvalue weighted by Crippen LogP contribution is 2.14. The van der Waals surface area contributed by atoms with Crippen molar-refractivity contribution in [3.63, 3.8) is 0 Å². The summed E-state index contributed by atoms with van der Waals surface area (Å²) in [4.78, 5) is 25.6. The summed E-state index contributed by atoms with van der Waals surface area (Å²) in [6, 6.07) is 0. The van der Waals surface area contributed by atoms with E-state index in [0.29, 0.717) is 30.3 Å². The van der Waals surface area contributed by atoms with E-state index in [-0.39, 0.29) is 18.3 Å². The Morgan fingerprint density at radius 2 is 2.00 bits per heavy atom. The van der Waals surface area contributed by atoms with Gasteiger partial charge in [-0.2, -0.15) is 5.10 Å². The molecule has 1 rings (SSSR count). The molecule has 0 aliphatic carbocycles. The Bertz CT molecular complexity index is 461. The number of nitrogens with one attached hydrogen (secondary N) is 1. The van der Waals surface area contributed by atoms with Gasteiger partial charge in [-0.05, 0) is 19.8 Å². The summed E-state index contributed by atoms with van der Waals surface area (Å²) in [6.07, 6.45) is 0.199. The number of nitrogens with zero attached hydrogens (tertiary/aromatic N) is 2. The molecule has 0 bridgehead atoms. The predicted octanol–water partition coefficient (Wildman–Crippen LogP) is 1.69. The number of rotatable bonds is 6. The van der Waals surface area contributed by atoms with Gasteiger partial charge >= 0.3 is 5.97 Å². The van der Waals surface area contributed by atoms with Crippen molar-refractivity contribution in [3.05, 3.63) is 17.0 Å². The third-order valence-electron chi connectivity index (χ3n) is 3.03. The average Bonchev–Trinajstić information content (AvgIpc) is 2.72. The van der Waals surface area contributed by atoms with Crippen molar-refractivity contribution in [2.75, 3.05) is 20.2 Å². The topological polar surface area (TPSA) is 75.3 Å². The second kappa shape index (κ2) is 7.07. The lowest BCUT2D eigenvalue weighted by molar-refractivity contribution is -0.140. The van der Waals surface area contributed by atoms with Crippen LogP contribution in [0, 0.1) is 19.8 Å². The van der Waals surface area contributed by atoms with Gasteiger partial charge in [-0.25, -0.2) is 0 Å². The zero-order chi connectivity index (χ0) is 15.3. The minimum Gasteiger partial charge on any atom is -0.469 e. The highest BCUT2D eigenvalue weighted by atomic mass is 16.5. The van der Waals surface area contributed by atoms with Crippen molar-refractivity contribution in [2.24, 2.45) is 5.92 Å². The highest BCUT2D eigenvalue weighted by molar-refractivity contribution is 5.96. The first-order valence-corrected chi connectivity index (χ1v) is 6.74. The van der Waals surface area contributed by atoms with Gasteiger partial charge < -0.3 is 9.64 Å². The fraction of sp³-hybridized carbons (Fsp3) is 0.643. The van der Waals surface area contributed by atoms with Crippen LogP contribution in [0.5, 0.6) is 0 Å². The van der Waals surface area contributed by atoms with Gasteiger partial charge in [0.15, 0.2) is 0 Å². The zero-order valence-corrected chi connectivity index (χ0v) is 12.8. The highest BCUT2D eigenvalue weighted by Gasteiger charge is 2.23. The van der Waals surface area contributed by atoms with E-state index in [4.69, 9.17) is 0 Å². The van der Waals surface area contributed by atoms with Crippen LogP contribution in [-0.4, -0.2) is 47.2 Å². The molecule has 1 aromatic rings. The molecule has 0 aromatic carbocycles. The molecule has 20 heavy (non-hydrogen) atoms. The molecule has 0 aliphatic rings. The number of hydrogen-bond donors (Lipinski definition) is 1. The summed E-state index contributed by atoms with van der Waals surface area (Å²) in [5, 5.41) is 6.86. The van der Waals surface area contributed by atoms with Crippen molar-refractivity contribution < 1.29 is 14.3 Å². The number of H-pyrrole nitrogens is 1. The van der Waals surface area contributed by atoms with Crippen LogP contribution < -0.4 is 0 Å². The maximum atomic E-state index is 12.6. The van der Waals surface area contributed by atoms with E-state index < -0.39 is 0 Å². The van der Waals surface area contributed by atoms with E-state index in [1.165, 1.54) is 7.11 Å². The van der Waals surface area contributed by atoms with Crippen molar-refractivity contribution in [1.82, 2.24) is 15.1 Å². The molecule has 0 spiro atoms. The third kappa shape index (κ3) is 4.08. The quantitative estimate of drug-likeness (QED) is 0.805. The van der Waals surface area contributed by atoms with Crippen LogP contribution in [0.2, 0.25) is 0 Å². The molecule has 0 radical (unpaired) electrons. The van der Waals surface area contributed by atoms with Crippen molar-refractivity contribution in [3.8, 4) is 0 Å². The first kappa shape index (κ1) is 16.2. The summed E-state index contributed by atoms with van der Waals surface area (Å²) in [7, 11) is 1.35. The summed E-state index contributed by atoms with van der Waals surface area (Å²) in [5.41, 5.74) is 2.02. The van der Waals surface area contributed by atoms with Crippen LogP contribution in [-0.2, 0) is 9.53 Å². The SMILES string of the molecule is COC(=O)CCN(CC(C)C)C(=O)c1c(C)n[nH]c1C. The second-order valence-corrected chi connectivity index (χ2v) is 5.28. The number of esters is 1. The molecule has 0 atom stereocenters. The maximum absolute atomic E-state index is 12.6. The molecular weight excluding hydrogens is 258 g/mol. The summed E-state index contributed by atoms with van der Waals surface area (Å²) in [6.45, 7) is 8.64. The molecule has 1 heterocycles. The summed E-state index contributed by atoms with van der Waals surface area (Å²) < 4.78 is 4.63. The number of aromatic amines is 1. The van der Waals surface area contributed by atoms with E-state index in [2.05, 4.69) is 14.9 Å². The Balaban J connectivity index is 2.87.